The van der Waals surface area contributed by atoms with E-state index in [-0.39, 0.29) is 6.04 Å². The van der Waals surface area contributed by atoms with Gasteiger partial charge in [0.25, 0.3) is 0 Å². The highest BCUT2D eigenvalue weighted by atomic mass is 15.1. The molecular weight excluding hydrogens is 246 g/mol. The van der Waals surface area contributed by atoms with Crippen LogP contribution in [0.1, 0.15) is 24.2 Å². The van der Waals surface area contributed by atoms with E-state index in [9.17, 15) is 0 Å². The van der Waals surface area contributed by atoms with Gasteiger partial charge in [-0.2, -0.15) is 0 Å². The second kappa shape index (κ2) is 5.47. The summed E-state index contributed by atoms with van der Waals surface area (Å²) in [7, 11) is 2.04. The zero-order chi connectivity index (χ0) is 13.9. The number of aromatic nitrogens is 2. The van der Waals surface area contributed by atoms with Crippen LogP contribution in [-0.4, -0.2) is 16.1 Å². The van der Waals surface area contributed by atoms with Crippen molar-refractivity contribution >= 4 is 10.8 Å². The van der Waals surface area contributed by atoms with Crippen molar-refractivity contribution in [3.8, 4) is 0 Å². The molecule has 0 saturated carbocycles. The second-order valence-corrected chi connectivity index (χ2v) is 4.99. The minimum Gasteiger partial charge on any atom is -0.336 e. The average Bonchev–Trinajstić information content (AvgIpc) is 2.90. The summed E-state index contributed by atoms with van der Waals surface area (Å²) in [4.78, 5) is 4.25. The summed E-state index contributed by atoms with van der Waals surface area (Å²) in [5.41, 5.74) is 2.48. The lowest BCUT2D eigenvalue weighted by Crippen LogP contribution is -2.24. The standard InChI is InChI=1S/C17H19N3/c1-3-19-17(16-11-18-12-20(16)2)15-10-6-8-13-7-4-5-9-14(13)15/h4-12,17,19H,3H2,1-2H3. The van der Waals surface area contributed by atoms with E-state index in [0.29, 0.717) is 0 Å². The van der Waals surface area contributed by atoms with Crippen molar-refractivity contribution in [2.45, 2.75) is 13.0 Å². The summed E-state index contributed by atoms with van der Waals surface area (Å²) in [6.07, 6.45) is 3.79. The molecule has 0 aliphatic carbocycles. The molecule has 3 nitrogen and oxygen atoms in total. The first-order chi connectivity index (χ1) is 9.81. The highest BCUT2D eigenvalue weighted by Gasteiger charge is 2.18. The third kappa shape index (κ3) is 2.21. The summed E-state index contributed by atoms with van der Waals surface area (Å²) in [5, 5.41) is 6.14. The van der Waals surface area contributed by atoms with Crippen LogP contribution in [0.3, 0.4) is 0 Å². The third-order valence-electron chi connectivity index (χ3n) is 3.69. The number of nitrogens with zero attached hydrogens (tertiary/aromatic N) is 2. The number of rotatable bonds is 4. The van der Waals surface area contributed by atoms with Gasteiger partial charge in [0.1, 0.15) is 0 Å². The lowest BCUT2D eigenvalue weighted by Gasteiger charge is -2.20. The molecule has 0 amide bonds. The molecule has 1 heterocycles. The molecule has 3 heteroatoms. The molecule has 0 spiro atoms. The van der Waals surface area contributed by atoms with E-state index < -0.39 is 0 Å². The van der Waals surface area contributed by atoms with Gasteiger partial charge in [-0.05, 0) is 22.9 Å². The largest absolute Gasteiger partial charge is 0.336 e. The van der Waals surface area contributed by atoms with E-state index in [1.807, 2.05) is 19.6 Å². The Hall–Kier alpha value is -2.13. The van der Waals surface area contributed by atoms with Gasteiger partial charge in [-0.15, -0.1) is 0 Å². The van der Waals surface area contributed by atoms with E-state index in [4.69, 9.17) is 0 Å². The number of hydrogen-bond donors (Lipinski definition) is 1. The van der Waals surface area contributed by atoms with Crippen LogP contribution >= 0.6 is 0 Å². The quantitative estimate of drug-likeness (QED) is 0.784. The Kier molecular flexibility index (Phi) is 3.52. The molecule has 1 aromatic heterocycles. The fourth-order valence-corrected chi connectivity index (χ4v) is 2.73. The maximum atomic E-state index is 4.25. The summed E-state index contributed by atoms with van der Waals surface area (Å²) < 4.78 is 2.08. The van der Waals surface area contributed by atoms with E-state index >= 15 is 0 Å². The number of benzene rings is 2. The predicted molar refractivity (Wildman–Crippen MR) is 82.7 cm³/mol. The summed E-state index contributed by atoms with van der Waals surface area (Å²) >= 11 is 0. The Labute approximate surface area is 119 Å². The SMILES string of the molecule is CCNC(c1cccc2ccccc12)c1cncn1C. The molecule has 0 radical (unpaired) electrons. The number of aryl methyl sites for hydroxylation is 1. The molecule has 2 aromatic carbocycles. The van der Waals surface area contributed by atoms with E-state index in [1.165, 1.54) is 22.0 Å². The van der Waals surface area contributed by atoms with Gasteiger partial charge in [0.2, 0.25) is 0 Å². The van der Waals surface area contributed by atoms with Gasteiger partial charge in [-0.25, -0.2) is 4.98 Å². The maximum absolute atomic E-state index is 4.25. The highest BCUT2D eigenvalue weighted by molar-refractivity contribution is 5.86. The van der Waals surface area contributed by atoms with Crippen molar-refractivity contribution in [1.29, 1.82) is 0 Å². The number of fused-ring (bicyclic) bond motifs is 1. The molecule has 1 N–H and O–H groups in total. The van der Waals surface area contributed by atoms with Crippen LogP contribution in [0, 0.1) is 0 Å². The lowest BCUT2D eigenvalue weighted by atomic mass is 9.97. The summed E-state index contributed by atoms with van der Waals surface area (Å²) in [6, 6.07) is 15.2. The van der Waals surface area contributed by atoms with Gasteiger partial charge < -0.3 is 9.88 Å². The van der Waals surface area contributed by atoms with Gasteiger partial charge in [0.05, 0.1) is 24.3 Å². The molecule has 0 fully saturated rings. The molecule has 1 atom stereocenters. The normalized spacial score (nSPS) is 12.7. The molecule has 0 saturated heterocycles. The van der Waals surface area contributed by atoms with Gasteiger partial charge in [-0.3, -0.25) is 0 Å². The van der Waals surface area contributed by atoms with E-state index in [0.717, 1.165) is 6.54 Å². The monoisotopic (exact) mass is 265 g/mol. The average molecular weight is 265 g/mol. The summed E-state index contributed by atoms with van der Waals surface area (Å²) in [5.74, 6) is 0. The van der Waals surface area contributed by atoms with Crippen LogP contribution in [0.2, 0.25) is 0 Å². The minimum atomic E-state index is 0.165. The Bertz CT molecular complexity index is 710. The zero-order valence-corrected chi connectivity index (χ0v) is 11.9. The van der Waals surface area contributed by atoms with Gasteiger partial charge in [-0.1, -0.05) is 49.4 Å². The fraction of sp³-hybridized carbons (Fsp3) is 0.235. The molecule has 0 aliphatic rings. The Morgan fingerprint density at radius 3 is 2.70 bits per heavy atom. The molecule has 0 aliphatic heterocycles. The smallest absolute Gasteiger partial charge is 0.0946 e. The highest BCUT2D eigenvalue weighted by Crippen LogP contribution is 2.28. The van der Waals surface area contributed by atoms with Crippen LogP contribution < -0.4 is 5.32 Å². The van der Waals surface area contributed by atoms with Crippen LogP contribution in [0.25, 0.3) is 10.8 Å². The fourth-order valence-electron chi connectivity index (χ4n) is 2.73. The summed E-state index contributed by atoms with van der Waals surface area (Å²) in [6.45, 7) is 3.05. The molecular formula is C17H19N3. The van der Waals surface area contributed by atoms with Crippen LogP contribution in [0.4, 0.5) is 0 Å². The Morgan fingerprint density at radius 1 is 1.15 bits per heavy atom. The van der Waals surface area contributed by atoms with Crippen LogP contribution in [0.5, 0.6) is 0 Å². The third-order valence-corrected chi connectivity index (χ3v) is 3.69. The lowest BCUT2D eigenvalue weighted by molar-refractivity contribution is 0.597. The van der Waals surface area contributed by atoms with Crippen molar-refractivity contribution in [3.05, 3.63) is 66.2 Å². The predicted octanol–water partition coefficient (Wildman–Crippen LogP) is 3.27. The van der Waals surface area contributed by atoms with Gasteiger partial charge >= 0.3 is 0 Å². The molecule has 3 aromatic rings. The van der Waals surface area contributed by atoms with E-state index in [1.54, 1.807) is 0 Å². The Morgan fingerprint density at radius 2 is 1.95 bits per heavy atom. The number of hydrogen-bond acceptors (Lipinski definition) is 2. The van der Waals surface area contributed by atoms with Crippen molar-refractivity contribution in [2.24, 2.45) is 7.05 Å². The van der Waals surface area contributed by atoms with Crippen LogP contribution in [-0.2, 0) is 7.05 Å². The minimum absolute atomic E-state index is 0.165. The molecule has 102 valence electrons. The van der Waals surface area contributed by atoms with Crippen molar-refractivity contribution in [3.63, 3.8) is 0 Å². The molecule has 20 heavy (non-hydrogen) atoms. The van der Waals surface area contributed by atoms with Crippen molar-refractivity contribution in [2.75, 3.05) is 6.54 Å². The number of imidazole rings is 1. The second-order valence-electron chi connectivity index (χ2n) is 4.99. The number of nitrogens with one attached hydrogen (secondary N) is 1. The maximum Gasteiger partial charge on any atom is 0.0946 e. The first-order valence-corrected chi connectivity index (χ1v) is 6.98. The van der Waals surface area contributed by atoms with Gasteiger partial charge in [0.15, 0.2) is 0 Å². The Balaban J connectivity index is 2.17. The molecule has 1 unspecified atom stereocenters. The van der Waals surface area contributed by atoms with Crippen LogP contribution in [0.15, 0.2) is 55.0 Å². The van der Waals surface area contributed by atoms with E-state index in [2.05, 4.69) is 64.3 Å². The molecule has 3 rings (SSSR count). The first kappa shape index (κ1) is 12.9. The molecule has 0 bridgehead atoms. The first-order valence-electron chi connectivity index (χ1n) is 6.98. The van der Waals surface area contributed by atoms with Gasteiger partial charge in [0, 0.05) is 7.05 Å². The van der Waals surface area contributed by atoms with Crippen molar-refractivity contribution in [1.82, 2.24) is 14.9 Å². The van der Waals surface area contributed by atoms with Crippen molar-refractivity contribution < 1.29 is 0 Å². The zero-order valence-electron chi connectivity index (χ0n) is 11.9. The topological polar surface area (TPSA) is 29.9 Å².